The third-order valence-electron chi connectivity index (χ3n) is 8.54. The van der Waals surface area contributed by atoms with E-state index in [1.807, 2.05) is 17.0 Å². The van der Waals surface area contributed by atoms with Gasteiger partial charge in [0.05, 0.1) is 6.61 Å². The molecule has 7 heteroatoms. The van der Waals surface area contributed by atoms with Gasteiger partial charge in [0.25, 0.3) is 5.91 Å². The van der Waals surface area contributed by atoms with Crippen LogP contribution in [-0.2, 0) is 4.79 Å². The van der Waals surface area contributed by atoms with Gasteiger partial charge in [-0.15, -0.1) is 0 Å². The first-order valence-corrected chi connectivity index (χ1v) is 13.1. The van der Waals surface area contributed by atoms with Crippen molar-refractivity contribution < 1.29 is 19.8 Å². The summed E-state index contributed by atoms with van der Waals surface area (Å²) in [5, 5.41) is 19.4. The van der Waals surface area contributed by atoms with Crippen molar-refractivity contribution in [1.82, 2.24) is 9.80 Å². The van der Waals surface area contributed by atoms with Crippen LogP contribution in [0.25, 0.3) is 0 Å². The molecule has 3 fully saturated rings. The molecule has 188 valence electrons. The second kappa shape index (κ2) is 11.2. The fourth-order valence-corrected chi connectivity index (χ4v) is 6.50. The number of carbonyl (C=O) groups is 2. The van der Waals surface area contributed by atoms with Crippen LogP contribution in [0.3, 0.4) is 0 Å². The van der Waals surface area contributed by atoms with E-state index in [4.69, 9.17) is 5.73 Å². The van der Waals surface area contributed by atoms with Gasteiger partial charge in [0.15, 0.2) is 6.10 Å². The minimum absolute atomic E-state index is 0.341. The molecular weight excluding hydrogens is 430 g/mol. The van der Waals surface area contributed by atoms with Crippen molar-refractivity contribution in [1.29, 1.82) is 0 Å². The molecule has 2 unspecified atom stereocenters. The molecule has 34 heavy (non-hydrogen) atoms. The maximum absolute atomic E-state index is 12.8. The maximum atomic E-state index is 12.8. The van der Waals surface area contributed by atoms with Crippen molar-refractivity contribution in [3.8, 4) is 0 Å². The molecule has 2 bridgehead atoms. The van der Waals surface area contributed by atoms with E-state index in [9.17, 15) is 19.8 Å². The molecule has 1 aromatic carbocycles. The molecule has 7 nitrogen and oxygen atoms in total. The number of benzene rings is 1. The minimum atomic E-state index is -1.33. The van der Waals surface area contributed by atoms with Gasteiger partial charge in [-0.3, -0.25) is 14.5 Å². The highest BCUT2D eigenvalue weighted by Gasteiger charge is 2.41. The largest absolute Gasteiger partial charge is 0.393 e. The molecule has 2 aliphatic heterocycles. The highest BCUT2D eigenvalue weighted by molar-refractivity contribution is 5.92. The molecular formula is C27H41N3O4. The Hall–Kier alpha value is -1.96. The van der Waals surface area contributed by atoms with Gasteiger partial charge in [0.1, 0.15) is 0 Å². The van der Waals surface area contributed by atoms with E-state index in [2.05, 4.69) is 17.9 Å². The number of primary amides is 1. The average molecular weight is 472 g/mol. The van der Waals surface area contributed by atoms with Crippen molar-refractivity contribution in [3.63, 3.8) is 0 Å². The number of carbonyl (C=O) groups excluding carboxylic acids is 2. The maximum Gasteiger partial charge on any atom is 0.253 e. The fourth-order valence-electron chi connectivity index (χ4n) is 6.50. The first-order valence-electron chi connectivity index (χ1n) is 13.1. The van der Waals surface area contributed by atoms with Gasteiger partial charge in [0, 0.05) is 37.3 Å². The van der Waals surface area contributed by atoms with Crippen LogP contribution in [0.1, 0.15) is 80.1 Å². The lowest BCUT2D eigenvalue weighted by Gasteiger charge is -2.41. The van der Waals surface area contributed by atoms with Crippen molar-refractivity contribution in [3.05, 3.63) is 35.4 Å². The van der Waals surface area contributed by atoms with E-state index >= 15 is 0 Å². The molecule has 3 aliphatic rings. The molecule has 0 spiro atoms. The second-order valence-corrected chi connectivity index (χ2v) is 10.9. The Labute approximate surface area is 203 Å². The smallest absolute Gasteiger partial charge is 0.253 e. The monoisotopic (exact) mass is 471 g/mol. The predicted octanol–water partition coefficient (Wildman–Crippen LogP) is 2.50. The van der Waals surface area contributed by atoms with E-state index in [1.165, 1.54) is 18.4 Å². The molecule has 2 heterocycles. The molecule has 2 amide bonds. The summed E-state index contributed by atoms with van der Waals surface area (Å²) in [5.41, 5.74) is 7.25. The number of piperidine rings is 1. The zero-order valence-electron chi connectivity index (χ0n) is 20.4. The summed E-state index contributed by atoms with van der Waals surface area (Å²) >= 11 is 0. The Kier molecular flexibility index (Phi) is 8.27. The zero-order chi connectivity index (χ0) is 24.2. The van der Waals surface area contributed by atoms with Crippen LogP contribution in [0.5, 0.6) is 0 Å². The van der Waals surface area contributed by atoms with E-state index in [0.717, 1.165) is 51.0 Å². The first-order chi connectivity index (χ1) is 16.4. The van der Waals surface area contributed by atoms with E-state index < -0.39 is 12.7 Å². The number of nitrogens with two attached hydrogens (primary N) is 1. The summed E-state index contributed by atoms with van der Waals surface area (Å²) in [4.78, 5) is 28.8. The number of fused-ring (bicyclic) bond motifs is 2. The molecule has 3 atom stereocenters. The number of rotatable bonds is 9. The van der Waals surface area contributed by atoms with Crippen molar-refractivity contribution in [2.24, 2.45) is 17.6 Å². The summed E-state index contributed by atoms with van der Waals surface area (Å²) in [7, 11) is 0. The molecule has 0 radical (unpaired) electrons. The van der Waals surface area contributed by atoms with Gasteiger partial charge in [-0.1, -0.05) is 31.9 Å². The molecule has 4 rings (SSSR count). The first kappa shape index (κ1) is 25.1. The molecule has 1 aliphatic carbocycles. The lowest BCUT2D eigenvalue weighted by atomic mass is 9.82. The van der Waals surface area contributed by atoms with Crippen LogP contribution in [0.2, 0.25) is 0 Å². The number of aliphatic hydroxyl groups excluding tert-OH is 2. The van der Waals surface area contributed by atoms with E-state index in [0.29, 0.717) is 42.6 Å². The SMILES string of the molecule is CC1CCC(CN(CCN2C3CCC2CC(c2cccc(C(N)=O)c2)C3)C(=O)[C@@H](O)CO)CC1. The van der Waals surface area contributed by atoms with Crippen LogP contribution in [0, 0.1) is 11.8 Å². The van der Waals surface area contributed by atoms with Gasteiger partial charge in [-0.2, -0.15) is 0 Å². The average Bonchev–Trinajstić information content (AvgIpc) is 3.08. The Balaban J connectivity index is 1.38. The molecule has 0 aromatic heterocycles. The summed E-state index contributed by atoms with van der Waals surface area (Å²) < 4.78 is 0. The number of aliphatic hydroxyl groups is 2. The number of nitrogens with zero attached hydrogens (tertiary/aromatic N) is 2. The standard InChI is InChI=1S/C27H41N3O4/c1-18-5-7-19(8-6-18)16-29(27(34)25(32)17-31)11-12-30-23-9-10-24(30)15-22(14-23)20-3-2-4-21(13-20)26(28)33/h2-4,13,18-19,22-25,31-32H,5-12,14-17H2,1H3,(H2,28,33)/t18?,19?,22?,23?,24?,25-/m0/s1. The normalized spacial score (nSPS) is 30.1. The number of hydrogen-bond donors (Lipinski definition) is 3. The minimum Gasteiger partial charge on any atom is -0.393 e. The Morgan fingerprint density at radius 3 is 2.41 bits per heavy atom. The zero-order valence-corrected chi connectivity index (χ0v) is 20.4. The summed E-state index contributed by atoms with van der Waals surface area (Å²) in [6.07, 6.45) is 7.73. The van der Waals surface area contributed by atoms with Gasteiger partial charge < -0.3 is 20.8 Å². The third kappa shape index (κ3) is 5.81. The Morgan fingerprint density at radius 1 is 1.12 bits per heavy atom. The third-order valence-corrected chi connectivity index (χ3v) is 8.54. The van der Waals surface area contributed by atoms with Crippen molar-refractivity contribution in [2.75, 3.05) is 26.2 Å². The number of amides is 2. The summed E-state index contributed by atoms with van der Waals surface area (Å²) in [6, 6.07) is 8.69. The fraction of sp³-hybridized carbons (Fsp3) is 0.704. The molecule has 2 saturated heterocycles. The van der Waals surface area contributed by atoms with Crippen LogP contribution in [0.15, 0.2) is 24.3 Å². The highest BCUT2D eigenvalue weighted by Crippen LogP contribution is 2.43. The second-order valence-electron chi connectivity index (χ2n) is 10.9. The van der Waals surface area contributed by atoms with Crippen molar-refractivity contribution >= 4 is 11.8 Å². The summed E-state index contributed by atoms with van der Waals surface area (Å²) in [6.45, 7) is 3.83. The Morgan fingerprint density at radius 2 is 1.79 bits per heavy atom. The van der Waals surface area contributed by atoms with Crippen LogP contribution >= 0.6 is 0 Å². The lowest BCUT2D eigenvalue weighted by molar-refractivity contribution is -0.143. The van der Waals surface area contributed by atoms with Crippen molar-refractivity contribution in [2.45, 2.75) is 82.4 Å². The summed E-state index contributed by atoms with van der Waals surface area (Å²) in [5.74, 6) is 0.928. The highest BCUT2D eigenvalue weighted by atomic mass is 16.3. The lowest BCUT2D eigenvalue weighted by Crippen LogP contribution is -2.50. The van der Waals surface area contributed by atoms with E-state index in [-0.39, 0.29) is 11.8 Å². The van der Waals surface area contributed by atoms with E-state index in [1.54, 1.807) is 6.07 Å². The molecule has 1 saturated carbocycles. The Bertz CT molecular complexity index is 840. The quantitative estimate of drug-likeness (QED) is 0.513. The van der Waals surface area contributed by atoms with Gasteiger partial charge in [-0.25, -0.2) is 0 Å². The van der Waals surface area contributed by atoms with Crippen LogP contribution < -0.4 is 5.73 Å². The topological polar surface area (TPSA) is 107 Å². The predicted molar refractivity (Wildman–Crippen MR) is 131 cm³/mol. The molecule has 1 aromatic rings. The van der Waals surface area contributed by atoms with Gasteiger partial charge >= 0.3 is 0 Å². The number of hydrogen-bond acceptors (Lipinski definition) is 5. The van der Waals surface area contributed by atoms with Crippen LogP contribution in [0.4, 0.5) is 0 Å². The van der Waals surface area contributed by atoms with Crippen LogP contribution in [-0.4, -0.2) is 76.3 Å². The van der Waals surface area contributed by atoms with Gasteiger partial charge in [0.2, 0.25) is 5.91 Å². The molecule has 4 N–H and O–H groups in total. The van der Waals surface area contributed by atoms with Gasteiger partial charge in [-0.05, 0) is 74.0 Å².